The summed E-state index contributed by atoms with van der Waals surface area (Å²) in [6.45, 7) is 5.58. The lowest BCUT2D eigenvalue weighted by Crippen LogP contribution is -2.21. The van der Waals surface area contributed by atoms with E-state index in [9.17, 15) is 4.79 Å². The van der Waals surface area contributed by atoms with Crippen molar-refractivity contribution < 1.29 is 4.79 Å². The zero-order chi connectivity index (χ0) is 10.7. The van der Waals surface area contributed by atoms with Crippen LogP contribution in [0.15, 0.2) is 18.2 Å². The molecule has 76 valence electrons. The molecule has 0 fully saturated rings. The van der Waals surface area contributed by atoms with Gasteiger partial charge in [0.05, 0.1) is 0 Å². The van der Waals surface area contributed by atoms with Gasteiger partial charge >= 0.3 is 0 Å². The summed E-state index contributed by atoms with van der Waals surface area (Å²) in [5, 5.41) is 2.30. The summed E-state index contributed by atoms with van der Waals surface area (Å²) >= 11 is 5.67. The molecule has 0 bridgehead atoms. The first-order valence-corrected chi connectivity index (χ1v) is 4.97. The smallest absolute Gasteiger partial charge is 0.242 e. The Labute approximate surface area is 89.3 Å². The Bertz CT molecular complexity index is 327. The average molecular weight is 212 g/mol. The van der Waals surface area contributed by atoms with Crippen molar-refractivity contribution in [2.45, 2.75) is 26.1 Å². The van der Waals surface area contributed by atoms with E-state index in [0.29, 0.717) is 0 Å². The van der Waals surface area contributed by atoms with Crippen LogP contribution in [0.4, 0.5) is 5.69 Å². The van der Waals surface area contributed by atoms with Crippen LogP contribution in [0.25, 0.3) is 0 Å². The van der Waals surface area contributed by atoms with Crippen LogP contribution in [0.3, 0.4) is 0 Å². The first-order chi connectivity index (χ1) is 6.52. The van der Waals surface area contributed by atoms with Crippen LogP contribution >= 0.6 is 11.6 Å². The highest BCUT2D eigenvalue weighted by molar-refractivity contribution is 6.32. The molecule has 1 unspecified atom stereocenters. The number of halogens is 1. The highest BCUT2D eigenvalue weighted by Gasteiger charge is 2.11. The Morgan fingerprint density at radius 1 is 1.36 bits per heavy atom. The lowest BCUT2D eigenvalue weighted by Gasteiger charge is -2.11. The number of amides is 1. The van der Waals surface area contributed by atoms with Crippen molar-refractivity contribution in [1.29, 1.82) is 0 Å². The number of aryl methyl sites for hydroxylation is 2. The minimum Gasteiger partial charge on any atom is -0.324 e. The van der Waals surface area contributed by atoms with Crippen molar-refractivity contribution in [2.24, 2.45) is 0 Å². The number of anilines is 1. The molecule has 0 aliphatic carbocycles. The summed E-state index contributed by atoms with van der Waals surface area (Å²) in [7, 11) is 0. The summed E-state index contributed by atoms with van der Waals surface area (Å²) < 4.78 is 0. The number of hydrogen-bond donors (Lipinski definition) is 1. The van der Waals surface area contributed by atoms with E-state index in [2.05, 4.69) is 5.32 Å². The van der Waals surface area contributed by atoms with Crippen molar-refractivity contribution in [2.75, 3.05) is 5.32 Å². The molecule has 1 aromatic rings. The first kappa shape index (κ1) is 11.1. The second-order valence-electron chi connectivity index (χ2n) is 3.37. The average Bonchev–Trinajstić information content (AvgIpc) is 2.11. The molecule has 0 saturated carbocycles. The maximum Gasteiger partial charge on any atom is 0.242 e. The second-order valence-corrected chi connectivity index (χ2v) is 4.03. The van der Waals surface area contributed by atoms with Gasteiger partial charge in [-0.1, -0.05) is 18.2 Å². The molecule has 1 N–H and O–H groups in total. The van der Waals surface area contributed by atoms with E-state index in [0.717, 1.165) is 16.8 Å². The number of alkyl halides is 1. The molecule has 3 heteroatoms. The van der Waals surface area contributed by atoms with Gasteiger partial charge in [-0.15, -0.1) is 11.6 Å². The third-order valence-corrected chi connectivity index (χ3v) is 2.29. The molecule has 0 aliphatic rings. The Morgan fingerprint density at radius 3 is 2.29 bits per heavy atom. The molecule has 0 heterocycles. The quantitative estimate of drug-likeness (QED) is 0.749. The maximum absolute atomic E-state index is 11.4. The Balaban J connectivity index is 2.91. The number of carbonyl (C=O) groups excluding carboxylic acids is 1. The Morgan fingerprint density at radius 2 is 1.86 bits per heavy atom. The highest BCUT2D eigenvalue weighted by atomic mass is 35.5. The van der Waals surface area contributed by atoms with Crippen LogP contribution in [0.2, 0.25) is 0 Å². The van der Waals surface area contributed by atoms with Gasteiger partial charge in [0.2, 0.25) is 5.91 Å². The number of carbonyl (C=O) groups is 1. The van der Waals surface area contributed by atoms with Crippen molar-refractivity contribution in [3.8, 4) is 0 Å². The van der Waals surface area contributed by atoms with E-state index in [4.69, 9.17) is 11.6 Å². The molecule has 0 spiro atoms. The fourth-order valence-electron chi connectivity index (χ4n) is 1.23. The summed E-state index contributed by atoms with van der Waals surface area (Å²) in [5.41, 5.74) is 2.97. The van der Waals surface area contributed by atoms with Gasteiger partial charge < -0.3 is 5.32 Å². The van der Waals surface area contributed by atoms with Crippen molar-refractivity contribution in [3.63, 3.8) is 0 Å². The Kier molecular flexibility index (Phi) is 3.53. The van der Waals surface area contributed by atoms with Crippen LogP contribution in [0, 0.1) is 13.8 Å². The van der Waals surface area contributed by atoms with Gasteiger partial charge in [0.1, 0.15) is 5.38 Å². The van der Waals surface area contributed by atoms with Gasteiger partial charge in [-0.2, -0.15) is 0 Å². The second kappa shape index (κ2) is 4.47. The van der Waals surface area contributed by atoms with Crippen LogP contribution < -0.4 is 5.32 Å². The molecule has 1 rings (SSSR count). The molecule has 0 saturated heterocycles. The van der Waals surface area contributed by atoms with Crippen molar-refractivity contribution in [3.05, 3.63) is 29.3 Å². The molecule has 0 aliphatic heterocycles. The van der Waals surface area contributed by atoms with Crippen LogP contribution in [-0.2, 0) is 4.79 Å². The lowest BCUT2D eigenvalue weighted by molar-refractivity contribution is -0.115. The molecule has 0 aromatic heterocycles. The topological polar surface area (TPSA) is 29.1 Å². The van der Waals surface area contributed by atoms with Gasteiger partial charge in [-0.25, -0.2) is 0 Å². The molecule has 1 atom stereocenters. The first-order valence-electron chi connectivity index (χ1n) is 4.53. The number of para-hydroxylation sites is 1. The number of nitrogens with one attached hydrogen (secondary N) is 1. The molecular weight excluding hydrogens is 198 g/mol. The zero-order valence-corrected chi connectivity index (χ0v) is 9.35. The Hall–Kier alpha value is -1.02. The highest BCUT2D eigenvalue weighted by Crippen LogP contribution is 2.19. The van der Waals surface area contributed by atoms with Gasteiger partial charge in [0.25, 0.3) is 0 Å². The number of hydrogen-bond acceptors (Lipinski definition) is 1. The van der Waals surface area contributed by atoms with Crippen LogP contribution in [-0.4, -0.2) is 11.3 Å². The third-order valence-electron chi connectivity index (χ3n) is 2.09. The van der Waals surface area contributed by atoms with Crippen molar-refractivity contribution in [1.82, 2.24) is 0 Å². The summed E-state index contributed by atoms with van der Waals surface area (Å²) in [5.74, 6) is -0.163. The third kappa shape index (κ3) is 2.48. The summed E-state index contributed by atoms with van der Waals surface area (Å²) in [6, 6.07) is 5.88. The number of rotatable bonds is 2. The van der Waals surface area contributed by atoms with Crippen LogP contribution in [0.5, 0.6) is 0 Å². The largest absolute Gasteiger partial charge is 0.324 e. The van der Waals surface area contributed by atoms with Gasteiger partial charge in [0, 0.05) is 5.69 Å². The van der Waals surface area contributed by atoms with E-state index >= 15 is 0 Å². The molecule has 1 aromatic carbocycles. The minimum atomic E-state index is -0.506. The fourth-order valence-corrected chi connectivity index (χ4v) is 1.29. The molecule has 14 heavy (non-hydrogen) atoms. The lowest BCUT2D eigenvalue weighted by atomic mass is 10.1. The zero-order valence-electron chi connectivity index (χ0n) is 8.60. The van der Waals surface area contributed by atoms with E-state index in [1.54, 1.807) is 6.92 Å². The summed E-state index contributed by atoms with van der Waals surface area (Å²) in [6.07, 6.45) is 0. The van der Waals surface area contributed by atoms with E-state index in [1.165, 1.54) is 0 Å². The van der Waals surface area contributed by atoms with E-state index < -0.39 is 5.38 Å². The molecule has 1 amide bonds. The van der Waals surface area contributed by atoms with Crippen molar-refractivity contribution >= 4 is 23.2 Å². The normalized spacial score (nSPS) is 12.3. The predicted octanol–water partition coefficient (Wildman–Crippen LogP) is 2.87. The maximum atomic E-state index is 11.4. The van der Waals surface area contributed by atoms with Gasteiger partial charge in [-0.05, 0) is 31.9 Å². The molecular formula is C11H14ClNO. The van der Waals surface area contributed by atoms with E-state index in [1.807, 2.05) is 32.0 Å². The van der Waals surface area contributed by atoms with Crippen LogP contribution in [0.1, 0.15) is 18.1 Å². The monoisotopic (exact) mass is 211 g/mol. The predicted molar refractivity (Wildman–Crippen MR) is 59.9 cm³/mol. The van der Waals surface area contributed by atoms with E-state index in [-0.39, 0.29) is 5.91 Å². The van der Waals surface area contributed by atoms with Gasteiger partial charge in [-0.3, -0.25) is 4.79 Å². The molecule has 0 radical (unpaired) electrons. The standard InChI is InChI=1S/C11H14ClNO/c1-7-5-4-6-8(2)10(7)13-11(14)9(3)12/h4-6,9H,1-3H3,(H,13,14). The fraction of sp³-hybridized carbons (Fsp3) is 0.364. The number of benzene rings is 1. The summed E-state index contributed by atoms with van der Waals surface area (Å²) in [4.78, 5) is 11.4. The minimum absolute atomic E-state index is 0.163. The van der Waals surface area contributed by atoms with Gasteiger partial charge in [0.15, 0.2) is 0 Å². The SMILES string of the molecule is Cc1cccc(C)c1NC(=O)C(C)Cl. The molecule has 2 nitrogen and oxygen atoms in total.